The van der Waals surface area contributed by atoms with Crippen LogP contribution in [-0.2, 0) is 4.79 Å². The second-order valence-electron chi connectivity index (χ2n) is 4.42. The van der Waals surface area contributed by atoms with Crippen molar-refractivity contribution in [3.63, 3.8) is 0 Å². The Hall–Kier alpha value is -1.68. The molecule has 1 aromatic rings. The summed E-state index contributed by atoms with van der Waals surface area (Å²) in [6, 6.07) is 5.46. The number of aryl methyl sites for hydroxylation is 2. The molecule has 1 aromatic carbocycles. The summed E-state index contributed by atoms with van der Waals surface area (Å²) in [6.07, 6.45) is 0.621. The predicted octanol–water partition coefficient (Wildman–Crippen LogP) is 1.64. The Balaban J connectivity index is 2.94. The van der Waals surface area contributed by atoms with Crippen molar-refractivity contribution in [3.05, 3.63) is 34.9 Å². The Morgan fingerprint density at radius 1 is 1.22 bits per heavy atom. The molecule has 0 aliphatic carbocycles. The van der Waals surface area contributed by atoms with Crippen LogP contribution >= 0.6 is 0 Å². The molecule has 0 bridgehead atoms. The van der Waals surface area contributed by atoms with E-state index in [4.69, 9.17) is 5.73 Å². The highest BCUT2D eigenvalue weighted by atomic mass is 16.2. The first kappa shape index (κ1) is 14.4. The van der Waals surface area contributed by atoms with Crippen LogP contribution in [-0.4, -0.2) is 29.8 Å². The standard InChI is InChI=1S/C14H20N2O2/c1-10-5-6-13(9-11(10)2)14(18)16(12(3)17)8-4-7-15/h5-6,9H,4,7-8,15H2,1-3H3. The first-order valence-corrected chi connectivity index (χ1v) is 6.07. The summed E-state index contributed by atoms with van der Waals surface area (Å²) < 4.78 is 0. The number of hydrogen-bond acceptors (Lipinski definition) is 3. The monoisotopic (exact) mass is 248 g/mol. The predicted molar refractivity (Wildman–Crippen MR) is 71.3 cm³/mol. The molecule has 4 heteroatoms. The summed E-state index contributed by atoms with van der Waals surface area (Å²) >= 11 is 0. The van der Waals surface area contributed by atoms with Crippen molar-refractivity contribution in [2.45, 2.75) is 27.2 Å². The highest BCUT2D eigenvalue weighted by Gasteiger charge is 2.19. The Bertz CT molecular complexity index is 455. The van der Waals surface area contributed by atoms with Crippen LogP contribution in [0.4, 0.5) is 0 Å². The van der Waals surface area contributed by atoms with Crippen LogP contribution in [0.3, 0.4) is 0 Å². The molecule has 0 fully saturated rings. The number of carbonyl (C=O) groups is 2. The number of imide groups is 1. The van der Waals surface area contributed by atoms with Crippen molar-refractivity contribution in [2.24, 2.45) is 5.73 Å². The number of hydrogen-bond donors (Lipinski definition) is 1. The zero-order valence-electron chi connectivity index (χ0n) is 11.2. The van der Waals surface area contributed by atoms with E-state index >= 15 is 0 Å². The minimum atomic E-state index is -0.251. The van der Waals surface area contributed by atoms with E-state index in [2.05, 4.69) is 0 Å². The van der Waals surface area contributed by atoms with Crippen LogP contribution in [0.2, 0.25) is 0 Å². The second kappa shape index (κ2) is 6.31. The Morgan fingerprint density at radius 2 is 1.89 bits per heavy atom. The van der Waals surface area contributed by atoms with Crippen LogP contribution < -0.4 is 5.73 Å². The maximum Gasteiger partial charge on any atom is 0.260 e. The maximum atomic E-state index is 12.2. The van der Waals surface area contributed by atoms with E-state index in [-0.39, 0.29) is 11.8 Å². The molecule has 0 aromatic heterocycles. The number of benzene rings is 1. The average molecular weight is 248 g/mol. The normalized spacial score (nSPS) is 10.2. The van der Waals surface area contributed by atoms with E-state index in [0.29, 0.717) is 25.1 Å². The third kappa shape index (κ3) is 3.40. The van der Waals surface area contributed by atoms with Crippen molar-refractivity contribution in [1.29, 1.82) is 0 Å². The highest BCUT2D eigenvalue weighted by molar-refractivity contribution is 6.04. The lowest BCUT2D eigenvalue weighted by Crippen LogP contribution is -2.36. The fourth-order valence-corrected chi connectivity index (χ4v) is 1.68. The first-order valence-electron chi connectivity index (χ1n) is 6.07. The molecule has 0 unspecified atom stereocenters. The van der Waals surface area contributed by atoms with Gasteiger partial charge in [-0.15, -0.1) is 0 Å². The second-order valence-corrected chi connectivity index (χ2v) is 4.42. The van der Waals surface area contributed by atoms with Crippen molar-refractivity contribution in [3.8, 4) is 0 Å². The van der Waals surface area contributed by atoms with Gasteiger partial charge >= 0.3 is 0 Å². The van der Waals surface area contributed by atoms with Crippen LogP contribution in [0.15, 0.2) is 18.2 Å². The van der Waals surface area contributed by atoms with Gasteiger partial charge in [0.05, 0.1) is 0 Å². The lowest BCUT2D eigenvalue weighted by Gasteiger charge is -2.19. The minimum Gasteiger partial charge on any atom is -0.330 e. The fourth-order valence-electron chi connectivity index (χ4n) is 1.68. The van der Waals surface area contributed by atoms with Gasteiger partial charge in [-0.1, -0.05) is 6.07 Å². The molecular formula is C14H20N2O2. The van der Waals surface area contributed by atoms with Crippen LogP contribution in [0, 0.1) is 13.8 Å². The molecule has 1 rings (SSSR count). The zero-order chi connectivity index (χ0) is 13.7. The molecule has 98 valence electrons. The molecule has 0 saturated carbocycles. The number of amides is 2. The molecule has 2 N–H and O–H groups in total. The van der Waals surface area contributed by atoms with Gasteiger partial charge in [-0.05, 0) is 50.1 Å². The molecule has 2 amide bonds. The molecule has 0 aliphatic rings. The Morgan fingerprint density at radius 3 is 2.39 bits per heavy atom. The van der Waals surface area contributed by atoms with Crippen molar-refractivity contribution in [1.82, 2.24) is 4.90 Å². The third-order valence-corrected chi connectivity index (χ3v) is 2.96. The van der Waals surface area contributed by atoms with Gasteiger partial charge in [0.15, 0.2) is 0 Å². The van der Waals surface area contributed by atoms with Gasteiger partial charge in [0, 0.05) is 19.0 Å². The summed E-state index contributed by atoms with van der Waals surface area (Å²) in [6.45, 7) is 6.17. The van der Waals surface area contributed by atoms with E-state index < -0.39 is 0 Å². The lowest BCUT2D eigenvalue weighted by atomic mass is 10.1. The summed E-state index contributed by atoms with van der Waals surface area (Å²) in [5.41, 5.74) is 8.13. The Kier molecular flexibility index (Phi) is 5.04. The number of nitrogens with two attached hydrogens (primary N) is 1. The van der Waals surface area contributed by atoms with E-state index in [0.717, 1.165) is 11.1 Å². The lowest BCUT2D eigenvalue weighted by molar-refractivity contribution is -0.126. The fraction of sp³-hybridized carbons (Fsp3) is 0.429. The largest absolute Gasteiger partial charge is 0.330 e. The molecule has 0 spiro atoms. The van der Waals surface area contributed by atoms with Gasteiger partial charge < -0.3 is 5.73 Å². The summed E-state index contributed by atoms with van der Waals surface area (Å²) in [5.74, 6) is -0.495. The minimum absolute atomic E-state index is 0.244. The number of carbonyl (C=O) groups excluding carboxylic acids is 2. The van der Waals surface area contributed by atoms with Crippen molar-refractivity contribution >= 4 is 11.8 Å². The SMILES string of the molecule is CC(=O)N(CCCN)C(=O)c1ccc(C)c(C)c1. The summed E-state index contributed by atoms with van der Waals surface area (Å²) in [5, 5.41) is 0. The van der Waals surface area contributed by atoms with E-state index in [1.165, 1.54) is 11.8 Å². The van der Waals surface area contributed by atoms with Crippen LogP contribution in [0.25, 0.3) is 0 Å². The van der Waals surface area contributed by atoms with Gasteiger partial charge in [0.2, 0.25) is 5.91 Å². The average Bonchev–Trinajstić information content (AvgIpc) is 2.32. The summed E-state index contributed by atoms with van der Waals surface area (Å²) in [7, 11) is 0. The van der Waals surface area contributed by atoms with E-state index in [1.54, 1.807) is 6.07 Å². The van der Waals surface area contributed by atoms with Crippen molar-refractivity contribution < 1.29 is 9.59 Å². The molecule has 0 atom stereocenters. The highest BCUT2D eigenvalue weighted by Crippen LogP contribution is 2.12. The molecule has 0 radical (unpaired) electrons. The third-order valence-electron chi connectivity index (χ3n) is 2.96. The van der Waals surface area contributed by atoms with Crippen LogP contribution in [0.1, 0.15) is 34.8 Å². The molecule has 18 heavy (non-hydrogen) atoms. The summed E-state index contributed by atoms with van der Waals surface area (Å²) in [4.78, 5) is 24.9. The zero-order valence-corrected chi connectivity index (χ0v) is 11.2. The van der Waals surface area contributed by atoms with E-state index in [9.17, 15) is 9.59 Å². The van der Waals surface area contributed by atoms with Gasteiger partial charge in [-0.25, -0.2) is 0 Å². The van der Waals surface area contributed by atoms with Crippen LogP contribution in [0.5, 0.6) is 0 Å². The van der Waals surface area contributed by atoms with Gasteiger partial charge in [-0.2, -0.15) is 0 Å². The van der Waals surface area contributed by atoms with E-state index in [1.807, 2.05) is 26.0 Å². The molecule has 0 aliphatic heterocycles. The quantitative estimate of drug-likeness (QED) is 0.881. The number of nitrogens with zero attached hydrogens (tertiary/aromatic N) is 1. The topological polar surface area (TPSA) is 63.4 Å². The first-order chi connectivity index (χ1) is 8.47. The number of rotatable bonds is 4. The maximum absolute atomic E-state index is 12.2. The Labute approximate surface area is 108 Å². The van der Waals surface area contributed by atoms with Gasteiger partial charge in [0.1, 0.15) is 0 Å². The van der Waals surface area contributed by atoms with Gasteiger partial charge in [0.25, 0.3) is 5.91 Å². The molecule has 0 saturated heterocycles. The molecular weight excluding hydrogens is 228 g/mol. The molecule has 4 nitrogen and oxygen atoms in total. The van der Waals surface area contributed by atoms with Gasteiger partial charge in [-0.3, -0.25) is 14.5 Å². The smallest absolute Gasteiger partial charge is 0.260 e. The van der Waals surface area contributed by atoms with Crippen molar-refractivity contribution in [2.75, 3.05) is 13.1 Å². The molecule has 0 heterocycles.